The second kappa shape index (κ2) is 8.23. The summed E-state index contributed by atoms with van der Waals surface area (Å²) in [5.41, 5.74) is 2.72. The van der Waals surface area contributed by atoms with E-state index in [0.29, 0.717) is 28.7 Å². The van der Waals surface area contributed by atoms with Gasteiger partial charge in [-0.15, -0.1) is 0 Å². The minimum atomic E-state index is -3.23. The van der Waals surface area contributed by atoms with E-state index in [9.17, 15) is 8.42 Å². The van der Waals surface area contributed by atoms with Crippen LogP contribution < -0.4 is 15.5 Å². The number of fused-ring (bicyclic) bond motifs is 1. The molecule has 0 saturated heterocycles. The molecule has 10 heteroatoms. The Labute approximate surface area is 180 Å². The summed E-state index contributed by atoms with van der Waals surface area (Å²) >= 11 is 0. The molecule has 9 nitrogen and oxygen atoms in total. The van der Waals surface area contributed by atoms with Gasteiger partial charge in [0, 0.05) is 54.8 Å². The second-order valence-electron chi connectivity index (χ2n) is 7.32. The van der Waals surface area contributed by atoms with Gasteiger partial charge in [-0.3, -0.25) is 0 Å². The van der Waals surface area contributed by atoms with Crippen molar-refractivity contribution in [2.45, 2.75) is 6.42 Å². The standard InChI is InChI=1S/C21H23N7O2S/c1-27(2)17-10-7-16(8-11-17)24-19-13-20(28-21(26-19)22-14-23-28)25-15-5-4-6-18(12-9-15)31(3,29)30/h4-5,7-14,25H,6H2,1-3H3,(H,22,23,24,26). The van der Waals surface area contributed by atoms with Gasteiger partial charge in [0.05, 0.1) is 0 Å². The van der Waals surface area contributed by atoms with Crippen molar-refractivity contribution in [2.75, 3.05) is 35.9 Å². The minimum absolute atomic E-state index is 0.353. The fourth-order valence-electron chi connectivity index (χ4n) is 3.07. The van der Waals surface area contributed by atoms with E-state index < -0.39 is 9.84 Å². The molecule has 0 unspecified atom stereocenters. The third kappa shape index (κ3) is 4.75. The van der Waals surface area contributed by atoms with Crippen LogP contribution in [0.3, 0.4) is 0 Å². The third-order valence-electron chi connectivity index (χ3n) is 4.72. The Bertz CT molecular complexity index is 1300. The van der Waals surface area contributed by atoms with Crippen LogP contribution in [-0.4, -0.2) is 48.4 Å². The smallest absolute Gasteiger partial charge is 0.256 e. The van der Waals surface area contributed by atoms with Gasteiger partial charge in [-0.1, -0.05) is 6.08 Å². The molecule has 0 amide bonds. The van der Waals surface area contributed by atoms with E-state index in [-0.39, 0.29) is 0 Å². The molecule has 0 fully saturated rings. The van der Waals surface area contributed by atoms with Crippen LogP contribution in [0, 0.1) is 0 Å². The van der Waals surface area contributed by atoms with Crippen molar-refractivity contribution in [1.29, 1.82) is 0 Å². The number of anilines is 4. The van der Waals surface area contributed by atoms with E-state index in [1.54, 1.807) is 16.7 Å². The van der Waals surface area contributed by atoms with Crippen molar-refractivity contribution in [1.82, 2.24) is 19.6 Å². The Morgan fingerprint density at radius 2 is 1.87 bits per heavy atom. The molecule has 31 heavy (non-hydrogen) atoms. The van der Waals surface area contributed by atoms with E-state index in [4.69, 9.17) is 0 Å². The van der Waals surface area contributed by atoms with Crippen LogP contribution in [0.1, 0.15) is 6.42 Å². The van der Waals surface area contributed by atoms with E-state index in [2.05, 4.69) is 25.7 Å². The first-order chi connectivity index (χ1) is 14.8. The molecule has 3 aromatic rings. The Balaban J connectivity index is 1.63. The van der Waals surface area contributed by atoms with Gasteiger partial charge in [0.2, 0.25) is 0 Å². The summed E-state index contributed by atoms with van der Waals surface area (Å²) < 4.78 is 25.2. The molecular formula is C21H23N7O2S. The van der Waals surface area contributed by atoms with Gasteiger partial charge >= 0.3 is 0 Å². The number of aromatic nitrogens is 4. The molecule has 0 aliphatic heterocycles. The molecule has 1 aliphatic rings. The van der Waals surface area contributed by atoms with Crippen molar-refractivity contribution in [3.8, 4) is 0 Å². The van der Waals surface area contributed by atoms with Crippen LogP contribution in [-0.2, 0) is 9.84 Å². The lowest BCUT2D eigenvalue weighted by atomic mass is 10.2. The number of hydrogen-bond donors (Lipinski definition) is 2. The number of rotatable bonds is 6. The monoisotopic (exact) mass is 437 g/mol. The zero-order chi connectivity index (χ0) is 22.0. The van der Waals surface area contributed by atoms with E-state index in [1.807, 2.05) is 61.5 Å². The highest BCUT2D eigenvalue weighted by atomic mass is 32.2. The number of benzene rings is 1. The summed E-state index contributed by atoms with van der Waals surface area (Å²) in [6.45, 7) is 0. The highest BCUT2D eigenvalue weighted by molar-refractivity contribution is 7.94. The highest BCUT2D eigenvalue weighted by Gasteiger charge is 2.12. The molecule has 1 aromatic carbocycles. The predicted octanol–water partition coefficient (Wildman–Crippen LogP) is 3.12. The van der Waals surface area contributed by atoms with Crippen LogP contribution in [0.5, 0.6) is 0 Å². The molecule has 0 bridgehead atoms. The Hall–Kier alpha value is -3.66. The Kier molecular flexibility index (Phi) is 5.47. The first kappa shape index (κ1) is 20.6. The van der Waals surface area contributed by atoms with E-state index in [0.717, 1.165) is 17.1 Å². The molecule has 0 radical (unpaired) electrons. The van der Waals surface area contributed by atoms with Gasteiger partial charge in [-0.05, 0) is 42.5 Å². The van der Waals surface area contributed by atoms with E-state index in [1.165, 1.54) is 12.6 Å². The van der Waals surface area contributed by atoms with Crippen molar-refractivity contribution in [3.05, 3.63) is 71.6 Å². The van der Waals surface area contributed by atoms with Crippen molar-refractivity contribution >= 4 is 38.6 Å². The van der Waals surface area contributed by atoms with Gasteiger partial charge in [0.1, 0.15) is 18.0 Å². The van der Waals surface area contributed by atoms with Gasteiger partial charge in [-0.2, -0.15) is 19.6 Å². The zero-order valence-corrected chi connectivity index (χ0v) is 18.3. The lowest BCUT2D eigenvalue weighted by Crippen LogP contribution is -2.08. The van der Waals surface area contributed by atoms with Crippen LogP contribution in [0.2, 0.25) is 0 Å². The summed E-state index contributed by atoms with van der Waals surface area (Å²) in [7, 11) is 0.750. The number of hydrogen-bond acceptors (Lipinski definition) is 8. The van der Waals surface area contributed by atoms with Crippen molar-refractivity contribution in [2.24, 2.45) is 0 Å². The summed E-state index contributed by atoms with van der Waals surface area (Å²) in [6, 6.07) is 9.81. The minimum Gasteiger partial charge on any atom is -0.378 e. The fourth-order valence-corrected chi connectivity index (χ4v) is 3.78. The highest BCUT2D eigenvalue weighted by Crippen LogP contribution is 2.23. The van der Waals surface area contributed by atoms with Gasteiger partial charge < -0.3 is 15.5 Å². The molecule has 2 N–H and O–H groups in total. The Morgan fingerprint density at radius 3 is 2.58 bits per heavy atom. The molecule has 160 valence electrons. The first-order valence-corrected chi connectivity index (χ1v) is 11.5. The molecule has 0 saturated carbocycles. The number of nitrogens with zero attached hydrogens (tertiary/aromatic N) is 5. The first-order valence-electron chi connectivity index (χ1n) is 9.59. The van der Waals surface area contributed by atoms with E-state index >= 15 is 0 Å². The average Bonchev–Trinajstić information content (AvgIpc) is 3.05. The lowest BCUT2D eigenvalue weighted by molar-refractivity contribution is 0.607. The van der Waals surface area contributed by atoms with Gasteiger partial charge in [0.25, 0.3) is 5.78 Å². The lowest BCUT2D eigenvalue weighted by Gasteiger charge is -2.14. The number of nitrogens with one attached hydrogen (secondary N) is 2. The third-order valence-corrected chi connectivity index (χ3v) is 5.98. The predicted molar refractivity (Wildman–Crippen MR) is 123 cm³/mol. The number of sulfone groups is 1. The normalized spacial score (nSPS) is 14.0. The maximum atomic E-state index is 11.8. The molecule has 2 heterocycles. The zero-order valence-electron chi connectivity index (χ0n) is 17.4. The van der Waals surface area contributed by atoms with Crippen LogP contribution in [0.15, 0.2) is 71.6 Å². The maximum Gasteiger partial charge on any atom is 0.256 e. The molecule has 0 atom stereocenters. The van der Waals surface area contributed by atoms with Gasteiger partial charge in [-0.25, -0.2) is 8.42 Å². The SMILES string of the molecule is CN(C)c1ccc(Nc2cc(NC3=CC=C(S(C)(=O)=O)CC=C3)n3ncnc3n2)cc1. The summed E-state index contributed by atoms with van der Waals surface area (Å²) in [6.07, 6.45) is 9.99. The van der Waals surface area contributed by atoms with Crippen LogP contribution >= 0.6 is 0 Å². The largest absolute Gasteiger partial charge is 0.378 e. The molecule has 4 rings (SSSR count). The van der Waals surface area contributed by atoms with Crippen LogP contribution in [0.25, 0.3) is 5.78 Å². The summed E-state index contributed by atoms with van der Waals surface area (Å²) in [5.74, 6) is 1.68. The summed E-state index contributed by atoms with van der Waals surface area (Å²) in [5, 5.41) is 10.8. The molecule has 0 spiro atoms. The Morgan fingerprint density at radius 1 is 1.10 bits per heavy atom. The molecule has 2 aromatic heterocycles. The number of allylic oxidation sites excluding steroid dienone is 5. The fraction of sp³-hybridized carbons (Fsp3) is 0.190. The summed E-state index contributed by atoms with van der Waals surface area (Å²) in [4.78, 5) is 11.1. The topological polar surface area (TPSA) is 105 Å². The second-order valence-corrected chi connectivity index (χ2v) is 9.39. The van der Waals surface area contributed by atoms with Crippen molar-refractivity contribution < 1.29 is 8.42 Å². The van der Waals surface area contributed by atoms with Crippen molar-refractivity contribution in [3.63, 3.8) is 0 Å². The molecular weight excluding hydrogens is 414 g/mol. The quantitative estimate of drug-likeness (QED) is 0.606. The van der Waals surface area contributed by atoms with Crippen LogP contribution in [0.4, 0.5) is 23.0 Å². The molecule has 1 aliphatic carbocycles. The average molecular weight is 438 g/mol. The maximum absolute atomic E-state index is 11.8. The van der Waals surface area contributed by atoms with Gasteiger partial charge in [0.15, 0.2) is 9.84 Å².